The summed E-state index contributed by atoms with van der Waals surface area (Å²) in [6.07, 6.45) is 3.06. The fraction of sp³-hybridized carbons (Fsp3) is 0.500. The molecule has 2 aliphatic rings. The number of para-hydroxylation sites is 1. The molecule has 0 saturated heterocycles. The zero-order chi connectivity index (χ0) is 11.9. The van der Waals surface area contributed by atoms with Crippen LogP contribution >= 0.6 is 0 Å². The number of anilines is 1. The van der Waals surface area contributed by atoms with Crippen LogP contribution in [0.15, 0.2) is 24.3 Å². The number of amides is 1. The van der Waals surface area contributed by atoms with Crippen molar-refractivity contribution >= 4 is 11.6 Å². The van der Waals surface area contributed by atoms with Gasteiger partial charge in [0.25, 0.3) is 0 Å². The van der Waals surface area contributed by atoms with Crippen molar-refractivity contribution in [2.24, 2.45) is 0 Å². The van der Waals surface area contributed by atoms with E-state index in [1.54, 1.807) is 0 Å². The molecule has 0 atom stereocenters. The molecule has 17 heavy (non-hydrogen) atoms. The summed E-state index contributed by atoms with van der Waals surface area (Å²) >= 11 is 0. The maximum absolute atomic E-state index is 12.2. The van der Waals surface area contributed by atoms with Crippen LogP contribution in [0.3, 0.4) is 0 Å². The Hall–Kier alpha value is -1.35. The molecule has 3 heteroatoms. The maximum Gasteiger partial charge on any atom is 0.228 e. The minimum absolute atomic E-state index is 0.246. The minimum atomic E-state index is 0.246. The number of fused-ring (bicyclic) bond motifs is 2. The van der Waals surface area contributed by atoms with Gasteiger partial charge in [-0.1, -0.05) is 18.2 Å². The van der Waals surface area contributed by atoms with E-state index in [2.05, 4.69) is 23.5 Å². The Morgan fingerprint density at radius 3 is 2.88 bits per heavy atom. The first-order valence-electron chi connectivity index (χ1n) is 6.31. The number of carbonyl (C=O) groups is 1. The molecule has 1 spiro atoms. The summed E-state index contributed by atoms with van der Waals surface area (Å²) in [6, 6.07) is 8.38. The Bertz CT molecular complexity index is 451. The van der Waals surface area contributed by atoms with Crippen LogP contribution in [0, 0.1) is 0 Å². The van der Waals surface area contributed by atoms with Gasteiger partial charge >= 0.3 is 0 Å². The quantitative estimate of drug-likeness (QED) is 0.856. The third kappa shape index (κ3) is 1.65. The lowest BCUT2D eigenvalue weighted by Crippen LogP contribution is -2.33. The van der Waals surface area contributed by atoms with Crippen molar-refractivity contribution < 1.29 is 4.79 Å². The number of carbonyl (C=O) groups excluding carboxylic acids is 1. The van der Waals surface area contributed by atoms with E-state index in [0.717, 1.165) is 18.8 Å². The Morgan fingerprint density at radius 2 is 2.18 bits per heavy atom. The van der Waals surface area contributed by atoms with E-state index in [1.165, 1.54) is 18.4 Å². The van der Waals surface area contributed by atoms with E-state index in [-0.39, 0.29) is 5.91 Å². The van der Waals surface area contributed by atoms with Crippen LogP contribution in [0.25, 0.3) is 0 Å². The summed E-state index contributed by atoms with van der Waals surface area (Å²) < 4.78 is 0. The topological polar surface area (TPSA) is 32.3 Å². The third-order valence-corrected chi connectivity index (χ3v) is 3.97. The van der Waals surface area contributed by atoms with Crippen LogP contribution in [-0.2, 0) is 10.2 Å². The van der Waals surface area contributed by atoms with E-state index in [1.807, 2.05) is 18.0 Å². The Labute approximate surface area is 102 Å². The molecule has 3 rings (SSSR count). The van der Waals surface area contributed by atoms with Gasteiger partial charge in [0, 0.05) is 30.6 Å². The molecule has 1 aliphatic carbocycles. The highest BCUT2D eigenvalue weighted by Gasteiger charge is 2.52. The first kappa shape index (κ1) is 10.8. The molecule has 1 heterocycles. The van der Waals surface area contributed by atoms with Gasteiger partial charge in [0.1, 0.15) is 0 Å². The van der Waals surface area contributed by atoms with Gasteiger partial charge in [-0.15, -0.1) is 0 Å². The molecule has 1 N–H and O–H groups in total. The second-order valence-electron chi connectivity index (χ2n) is 5.13. The molecule has 1 fully saturated rings. The molecule has 0 aromatic heterocycles. The predicted octanol–water partition coefficient (Wildman–Crippen LogP) is 1.67. The molecule has 0 bridgehead atoms. The van der Waals surface area contributed by atoms with Gasteiger partial charge in [-0.05, 0) is 31.5 Å². The predicted molar refractivity (Wildman–Crippen MR) is 68.3 cm³/mol. The van der Waals surface area contributed by atoms with E-state index in [0.29, 0.717) is 11.8 Å². The molecule has 3 nitrogen and oxygen atoms in total. The molecular weight excluding hydrogens is 212 g/mol. The molecule has 0 unspecified atom stereocenters. The van der Waals surface area contributed by atoms with Crippen molar-refractivity contribution in [3.8, 4) is 0 Å². The molecule has 90 valence electrons. The lowest BCUT2D eigenvalue weighted by Gasteiger charge is -2.17. The fourth-order valence-corrected chi connectivity index (χ4v) is 2.80. The highest BCUT2D eigenvalue weighted by atomic mass is 16.2. The standard InChI is InChI=1S/C14H18N2O/c1-15-9-6-13(17)16-10-14(7-8-14)11-4-2-3-5-12(11)16/h2-5,15H,6-10H2,1H3. The molecule has 1 amide bonds. The summed E-state index contributed by atoms with van der Waals surface area (Å²) in [5, 5.41) is 3.03. The van der Waals surface area contributed by atoms with Crippen molar-refractivity contribution in [2.75, 3.05) is 25.0 Å². The highest BCUT2D eigenvalue weighted by Crippen LogP contribution is 2.56. The molecule has 1 aromatic rings. The summed E-state index contributed by atoms with van der Waals surface area (Å²) in [4.78, 5) is 14.2. The molecule has 1 aromatic carbocycles. The molecule has 1 saturated carbocycles. The average Bonchev–Trinajstić information content (AvgIpc) is 3.06. The van der Waals surface area contributed by atoms with Gasteiger partial charge in [-0.25, -0.2) is 0 Å². The fourth-order valence-electron chi connectivity index (χ4n) is 2.80. The lowest BCUT2D eigenvalue weighted by molar-refractivity contribution is -0.118. The van der Waals surface area contributed by atoms with Crippen molar-refractivity contribution in [3.63, 3.8) is 0 Å². The van der Waals surface area contributed by atoms with E-state index >= 15 is 0 Å². The zero-order valence-corrected chi connectivity index (χ0v) is 10.2. The number of rotatable bonds is 3. The van der Waals surface area contributed by atoms with Crippen LogP contribution in [0.4, 0.5) is 5.69 Å². The van der Waals surface area contributed by atoms with Crippen LogP contribution in [-0.4, -0.2) is 26.0 Å². The van der Waals surface area contributed by atoms with E-state index < -0.39 is 0 Å². The van der Waals surface area contributed by atoms with Crippen molar-refractivity contribution in [1.29, 1.82) is 0 Å². The third-order valence-electron chi connectivity index (χ3n) is 3.97. The number of hydrogen-bond acceptors (Lipinski definition) is 2. The Morgan fingerprint density at radius 1 is 1.41 bits per heavy atom. The number of nitrogens with zero attached hydrogens (tertiary/aromatic N) is 1. The highest BCUT2D eigenvalue weighted by molar-refractivity contribution is 5.96. The molecular formula is C14H18N2O. The van der Waals surface area contributed by atoms with Gasteiger partial charge in [-0.3, -0.25) is 4.79 Å². The normalized spacial score (nSPS) is 19.5. The van der Waals surface area contributed by atoms with Crippen LogP contribution in [0.1, 0.15) is 24.8 Å². The SMILES string of the molecule is CNCCC(=O)N1CC2(CC2)c2ccccc21. The molecule has 1 aliphatic heterocycles. The van der Waals surface area contributed by atoms with E-state index in [9.17, 15) is 4.79 Å². The van der Waals surface area contributed by atoms with Gasteiger partial charge in [0.15, 0.2) is 0 Å². The first-order chi connectivity index (χ1) is 8.27. The zero-order valence-electron chi connectivity index (χ0n) is 10.2. The number of hydrogen-bond donors (Lipinski definition) is 1. The second-order valence-corrected chi connectivity index (χ2v) is 5.13. The van der Waals surface area contributed by atoms with Crippen LogP contribution < -0.4 is 10.2 Å². The van der Waals surface area contributed by atoms with Crippen molar-refractivity contribution in [3.05, 3.63) is 29.8 Å². The Kier molecular flexibility index (Phi) is 2.44. The summed E-state index contributed by atoms with van der Waals surface area (Å²) in [5.41, 5.74) is 2.84. The average molecular weight is 230 g/mol. The van der Waals surface area contributed by atoms with Gasteiger partial charge < -0.3 is 10.2 Å². The maximum atomic E-state index is 12.2. The van der Waals surface area contributed by atoms with Crippen molar-refractivity contribution in [2.45, 2.75) is 24.7 Å². The summed E-state index contributed by atoms with van der Waals surface area (Å²) in [7, 11) is 1.88. The number of nitrogens with one attached hydrogen (secondary N) is 1. The van der Waals surface area contributed by atoms with Crippen molar-refractivity contribution in [1.82, 2.24) is 5.32 Å². The lowest BCUT2D eigenvalue weighted by atomic mass is 9.99. The summed E-state index contributed by atoms with van der Waals surface area (Å²) in [6.45, 7) is 1.65. The monoisotopic (exact) mass is 230 g/mol. The van der Waals surface area contributed by atoms with Gasteiger partial charge in [0.05, 0.1) is 0 Å². The van der Waals surface area contributed by atoms with Crippen LogP contribution in [0.5, 0.6) is 0 Å². The largest absolute Gasteiger partial charge is 0.319 e. The second kappa shape index (κ2) is 3.84. The Balaban J connectivity index is 1.87. The number of benzene rings is 1. The first-order valence-corrected chi connectivity index (χ1v) is 6.31. The minimum Gasteiger partial charge on any atom is -0.319 e. The van der Waals surface area contributed by atoms with Gasteiger partial charge in [0.2, 0.25) is 5.91 Å². The van der Waals surface area contributed by atoms with E-state index in [4.69, 9.17) is 0 Å². The summed E-state index contributed by atoms with van der Waals surface area (Å²) in [5.74, 6) is 0.246. The smallest absolute Gasteiger partial charge is 0.228 e. The molecule has 0 radical (unpaired) electrons. The van der Waals surface area contributed by atoms with Crippen LogP contribution in [0.2, 0.25) is 0 Å². The van der Waals surface area contributed by atoms with Gasteiger partial charge in [-0.2, -0.15) is 0 Å².